The van der Waals surface area contributed by atoms with E-state index in [2.05, 4.69) is 5.32 Å². The number of hydrogen-bond donors (Lipinski definition) is 1. The Labute approximate surface area is 110 Å². The molecule has 2 fully saturated rings. The van der Waals surface area contributed by atoms with Crippen molar-refractivity contribution in [3.05, 3.63) is 0 Å². The summed E-state index contributed by atoms with van der Waals surface area (Å²) >= 11 is 0. The van der Waals surface area contributed by atoms with Crippen LogP contribution in [-0.4, -0.2) is 57.9 Å². The lowest BCUT2D eigenvalue weighted by Gasteiger charge is -2.32. The second-order valence-corrected chi connectivity index (χ2v) is 7.34. The Morgan fingerprint density at radius 2 is 2.00 bits per heavy atom. The molecule has 2 rings (SSSR count). The Morgan fingerprint density at radius 3 is 2.67 bits per heavy atom. The third-order valence-electron chi connectivity index (χ3n) is 3.97. The van der Waals surface area contributed by atoms with Crippen LogP contribution < -0.4 is 5.32 Å². The van der Waals surface area contributed by atoms with Crippen molar-refractivity contribution in [2.24, 2.45) is 5.92 Å². The minimum absolute atomic E-state index is 0.0709. The van der Waals surface area contributed by atoms with Gasteiger partial charge in [0.05, 0.1) is 11.9 Å². The highest BCUT2D eigenvalue weighted by atomic mass is 32.2. The topological polar surface area (TPSA) is 58.6 Å². The fourth-order valence-corrected chi connectivity index (χ4v) is 4.74. The summed E-state index contributed by atoms with van der Waals surface area (Å²) in [6.45, 7) is 3.08. The molecule has 2 saturated heterocycles. The Kier molecular flexibility index (Phi) is 5.00. The Hall–Kier alpha value is -0.170. The largest absolute Gasteiger partial charge is 0.380 e. The molecule has 2 heterocycles. The highest BCUT2D eigenvalue weighted by molar-refractivity contribution is 7.89. The van der Waals surface area contributed by atoms with E-state index in [1.807, 2.05) is 0 Å². The van der Waals surface area contributed by atoms with Gasteiger partial charge in [-0.05, 0) is 44.7 Å². The van der Waals surface area contributed by atoms with Gasteiger partial charge in [-0.3, -0.25) is 0 Å². The van der Waals surface area contributed by atoms with Crippen molar-refractivity contribution < 1.29 is 13.2 Å². The Morgan fingerprint density at radius 1 is 1.28 bits per heavy atom. The average Bonchev–Trinajstić information content (AvgIpc) is 2.39. The molecule has 0 radical (unpaired) electrons. The van der Waals surface area contributed by atoms with Crippen molar-refractivity contribution in [3.8, 4) is 0 Å². The molecular weight excluding hydrogens is 252 g/mol. The molecule has 0 amide bonds. The van der Waals surface area contributed by atoms with Gasteiger partial charge in [-0.1, -0.05) is 0 Å². The smallest absolute Gasteiger partial charge is 0.214 e. The van der Waals surface area contributed by atoms with E-state index in [1.54, 1.807) is 11.4 Å². The highest BCUT2D eigenvalue weighted by Gasteiger charge is 2.31. The van der Waals surface area contributed by atoms with Crippen LogP contribution in [0.3, 0.4) is 0 Å². The van der Waals surface area contributed by atoms with Gasteiger partial charge in [-0.25, -0.2) is 8.42 Å². The average molecular weight is 276 g/mol. The fraction of sp³-hybridized carbons (Fsp3) is 1.00. The highest BCUT2D eigenvalue weighted by Crippen LogP contribution is 2.20. The normalized spacial score (nSPS) is 28.4. The van der Waals surface area contributed by atoms with Gasteiger partial charge in [0.15, 0.2) is 0 Å². The fourth-order valence-electron chi connectivity index (χ4n) is 2.80. The molecule has 1 unspecified atom stereocenters. The number of nitrogens with zero attached hydrogens (tertiary/aromatic N) is 1. The van der Waals surface area contributed by atoms with E-state index in [-0.39, 0.29) is 6.10 Å². The van der Waals surface area contributed by atoms with E-state index in [0.29, 0.717) is 24.8 Å². The minimum Gasteiger partial charge on any atom is -0.380 e. The van der Waals surface area contributed by atoms with Crippen LogP contribution in [0.4, 0.5) is 0 Å². The third kappa shape index (κ3) is 3.66. The number of rotatable bonds is 4. The van der Waals surface area contributed by atoms with E-state index in [1.165, 1.54) is 0 Å². The van der Waals surface area contributed by atoms with Crippen LogP contribution in [0.2, 0.25) is 0 Å². The zero-order valence-electron chi connectivity index (χ0n) is 11.1. The van der Waals surface area contributed by atoms with E-state index in [9.17, 15) is 8.42 Å². The van der Waals surface area contributed by atoms with E-state index < -0.39 is 10.0 Å². The zero-order valence-corrected chi connectivity index (χ0v) is 11.9. The summed E-state index contributed by atoms with van der Waals surface area (Å²) < 4.78 is 31.7. The van der Waals surface area contributed by atoms with Crippen molar-refractivity contribution in [1.82, 2.24) is 9.62 Å². The zero-order chi connectivity index (χ0) is 13.0. The van der Waals surface area contributed by atoms with Crippen LogP contribution in [0, 0.1) is 5.92 Å². The van der Waals surface area contributed by atoms with Crippen LogP contribution in [0.15, 0.2) is 0 Å². The maximum Gasteiger partial charge on any atom is 0.214 e. The molecule has 5 nitrogen and oxygen atoms in total. The molecule has 2 aliphatic heterocycles. The Balaban J connectivity index is 1.92. The number of piperidine rings is 2. The van der Waals surface area contributed by atoms with E-state index in [0.717, 1.165) is 38.8 Å². The number of nitrogens with one attached hydrogen (secondary N) is 1. The standard InChI is InChI=1S/C12H24N2O3S/c1-17-12-3-2-8-14(9-12)18(15,16)10-11-4-6-13-7-5-11/h11-13H,2-10H2,1H3. The van der Waals surface area contributed by atoms with Crippen LogP contribution in [0.5, 0.6) is 0 Å². The SMILES string of the molecule is COC1CCCN(S(=O)(=O)CC2CCNCC2)C1. The lowest BCUT2D eigenvalue weighted by Crippen LogP contribution is -2.45. The van der Waals surface area contributed by atoms with Gasteiger partial charge in [0.1, 0.15) is 0 Å². The summed E-state index contributed by atoms with van der Waals surface area (Å²) in [5.74, 6) is 0.629. The van der Waals surface area contributed by atoms with Gasteiger partial charge in [0.2, 0.25) is 10.0 Å². The monoisotopic (exact) mass is 276 g/mol. The molecular formula is C12H24N2O3S. The Bertz CT molecular complexity index is 352. The van der Waals surface area contributed by atoms with Gasteiger partial charge >= 0.3 is 0 Å². The lowest BCUT2D eigenvalue weighted by atomic mass is 10.0. The molecule has 0 aromatic rings. The summed E-state index contributed by atoms with van der Waals surface area (Å²) in [6.07, 6.45) is 3.89. The summed E-state index contributed by atoms with van der Waals surface area (Å²) in [5, 5.41) is 3.27. The molecule has 0 spiro atoms. The van der Waals surface area contributed by atoms with Gasteiger partial charge in [-0.15, -0.1) is 0 Å². The second kappa shape index (κ2) is 6.32. The molecule has 1 N–H and O–H groups in total. The summed E-state index contributed by atoms with van der Waals surface area (Å²) in [5.41, 5.74) is 0. The first-order valence-electron chi connectivity index (χ1n) is 6.83. The van der Waals surface area contributed by atoms with Gasteiger partial charge in [-0.2, -0.15) is 4.31 Å². The van der Waals surface area contributed by atoms with Crippen molar-refractivity contribution in [1.29, 1.82) is 0 Å². The molecule has 0 bridgehead atoms. The molecule has 0 aromatic carbocycles. The first kappa shape index (κ1) is 14.2. The molecule has 0 saturated carbocycles. The quantitative estimate of drug-likeness (QED) is 0.809. The van der Waals surface area contributed by atoms with Crippen molar-refractivity contribution >= 4 is 10.0 Å². The first-order chi connectivity index (χ1) is 8.62. The van der Waals surface area contributed by atoms with Crippen molar-refractivity contribution in [2.75, 3.05) is 39.0 Å². The molecule has 0 aliphatic carbocycles. The van der Waals surface area contributed by atoms with Crippen LogP contribution in [0.25, 0.3) is 0 Å². The van der Waals surface area contributed by atoms with E-state index >= 15 is 0 Å². The maximum atomic E-state index is 12.4. The molecule has 18 heavy (non-hydrogen) atoms. The summed E-state index contributed by atoms with van der Waals surface area (Å²) in [4.78, 5) is 0. The number of methoxy groups -OCH3 is 1. The van der Waals surface area contributed by atoms with Gasteiger partial charge < -0.3 is 10.1 Å². The van der Waals surface area contributed by atoms with Gasteiger partial charge in [0, 0.05) is 20.2 Å². The number of hydrogen-bond acceptors (Lipinski definition) is 4. The van der Waals surface area contributed by atoms with Gasteiger partial charge in [0.25, 0.3) is 0 Å². The lowest BCUT2D eigenvalue weighted by molar-refractivity contribution is 0.0570. The molecule has 6 heteroatoms. The van der Waals surface area contributed by atoms with Crippen LogP contribution in [0.1, 0.15) is 25.7 Å². The van der Waals surface area contributed by atoms with Crippen molar-refractivity contribution in [2.45, 2.75) is 31.8 Å². The minimum atomic E-state index is -3.10. The molecule has 1 atom stereocenters. The second-order valence-electron chi connectivity index (χ2n) is 5.33. The van der Waals surface area contributed by atoms with Crippen LogP contribution >= 0.6 is 0 Å². The predicted octanol–water partition coefficient (Wildman–Crippen LogP) is 0.427. The molecule has 106 valence electrons. The maximum absolute atomic E-state index is 12.4. The number of sulfonamides is 1. The first-order valence-corrected chi connectivity index (χ1v) is 8.44. The molecule has 2 aliphatic rings. The summed E-state index contributed by atoms with van der Waals surface area (Å²) in [7, 11) is -1.44. The van der Waals surface area contributed by atoms with Crippen molar-refractivity contribution in [3.63, 3.8) is 0 Å². The van der Waals surface area contributed by atoms with Crippen LogP contribution in [-0.2, 0) is 14.8 Å². The predicted molar refractivity (Wildman–Crippen MR) is 71.0 cm³/mol. The summed E-state index contributed by atoms with van der Waals surface area (Å²) in [6, 6.07) is 0. The number of ether oxygens (including phenoxy) is 1. The van der Waals surface area contributed by atoms with E-state index in [4.69, 9.17) is 4.74 Å². The third-order valence-corrected chi connectivity index (χ3v) is 5.98. The molecule has 0 aromatic heterocycles.